The Morgan fingerprint density at radius 1 is 0.645 bits per heavy atom. The van der Waals surface area contributed by atoms with Crippen molar-refractivity contribution in [1.29, 1.82) is 0 Å². The Labute approximate surface area is 201 Å². The minimum atomic E-state index is -0.149. The Morgan fingerprint density at radius 3 is 1.35 bits per heavy atom. The quantitative estimate of drug-likeness (QED) is 0.479. The zero-order valence-electron chi connectivity index (χ0n) is 16.5. The predicted octanol–water partition coefficient (Wildman–Crippen LogP) is 6.09. The number of carbonyl (C=O) groups is 2. The fourth-order valence-electron chi connectivity index (χ4n) is 3.22. The average molecular weight is 498 g/mol. The maximum atomic E-state index is 12.6. The largest absolute Gasteiger partial charge is 0.337 e. The van der Waals surface area contributed by atoms with Crippen molar-refractivity contribution in [1.82, 2.24) is 9.80 Å². The molecule has 1 heterocycles. The maximum Gasteiger partial charge on any atom is 0.246 e. The number of hydrogen-bond donors (Lipinski definition) is 0. The Bertz CT molecular complexity index is 914. The first kappa shape index (κ1) is 23.7. The first-order valence-electron chi connectivity index (χ1n) is 9.69. The highest BCUT2D eigenvalue weighted by atomic mass is 35.5. The van der Waals surface area contributed by atoms with Crippen molar-refractivity contribution in [3.8, 4) is 0 Å². The summed E-state index contributed by atoms with van der Waals surface area (Å²) in [6.07, 6.45) is 6.85. The number of halogens is 4. The van der Waals surface area contributed by atoms with Gasteiger partial charge in [0.15, 0.2) is 0 Å². The summed E-state index contributed by atoms with van der Waals surface area (Å²) < 4.78 is 0. The highest BCUT2D eigenvalue weighted by Gasteiger charge is 2.20. The molecule has 31 heavy (non-hydrogen) atoms. The molecule has 1 saturated heterocycles. The number of rotatable bonds is 4. The number of amides is 2. The number of nitrogens with zero attached hydrogens (tertiary/aromatic N) is 2. The minimum Gasteiger partial charge on any atom is -0.337 e. The maximum absolute atomic E-state index is 12.6. The molecule has 0 unspecified atom stereocenters. The Kier molecular flexibility index (Phi) is 8.44. The van der Waals surface area contributed by atoms with E-state index in [0.29, 0.717) is 63.8 Å². The second kappa shape index (κ2) is 11.1. The van der Waals surface area contributed by atoms with Crippen LogP contribution in [0.5, 0.6) is 0 Å². The van der Waals surface area contributed by atoms with Gasteiger partial charge >= 0.3 is 0 Å². The SMILES string of the molecule is O=C(C=Cc1c(Cl)cccc1Cl)N1CCCN(C(=O)C=Cc2c(Cl)cccc2Cl)CC1. The molecule has 2 aromatic carbocycles. The van der Waals surface area contributed by atoms with Crippen LogP contribution in [0.25, 0.3) is 12.2 Å². The molecule has 1 fully saturated rings. The highest BCUT2D eigenvalue weighted by Crippen LogP contribution is 2.26. The van der Waals surface area contributed by atoms with Gasteiger partial charge in [0.1, 0.15) is 0 Å². The van der Waals surface area contributed by atoms with Crippen LogP contribution in [0.1, 0.15) is 17.5 Å². The molecule has 2 amide bonds. The molecule has 0 aliphatic carbocycles. The lowest BCUT2D eigenvalue weighted by Gasteiger charge is -2.20. The van der Waals surface area contributed by atoms with Gasteiger partial charge in [-0.1, -0.05) is 58.5 Å². The van der Waals surface area contributed by atoms with Gasteiger partial charge in [-0.05, 0) is 42.8 Å². The third kappa shape index (κ3) is 6.27. The molecule has 1 aliphatic heterocycles. The summed E-state index contributed by atoms with van der Waals surface area (Å²) in [4.78, 5) is 28.7. The van der Waals surface area contributed by atoms with Crippen LogP contribution in [-0.4, -0.2) is 47.8 Å². The Hall–Kier alpha value is -1.98. The van der Waals surface area contributed by atoms with E-state index in [1.807, 2.05) is 0 Å². The van der Waals surface area contributed by atoms with Crippen LogP contribution >= 0.6 is 46.4 Å². The van der Waals surface area contributed by atoms with Gasteiger partial charge in [-0.2, -0.15) is 0 Å². The molecule has 0 aromatic heterocycles. The van der Waals surface area contributed by atoms with Crippen molar-refractivity contribution >= 4 is 70.4 Å². The zero-order valence-corrected chi connectivity index (χ0v) is 19.6. The molecule has 0 N–H and O–H groups in total. The van der Waals surface area contributed by atoms with Gasteiger partial charge in [-0.25, -0.2) is 0 Å². The molecule has 1 aliphatic rings. The molecule has 2 aromatic rings. The molecule has 162 valence electrons. The van der Waals surface area contributed by atoms with Crippen molar-refractivity contribution in [2.24, 2.45) is 0 Å². The lowest BCUT2D eigenvalue weighted by molar-refractivity contribution is -0.128. The van der Waals surface area contributed by atoms with E-state index in [-0.39, 0.29) is 11.8 Å². The minimum absolute atomic E-state index is 0.149. The second-order valence-corrected chi connectivity index (χ2v) is 8.57. The van der Waals surface area contributed by atoms with Gasteiger partial charge in [0, 0.05) is 69.5 Å². The van der Waals surface area contributed by atoms with E-state index >= 15 is 0 Å². The molecule has 4 nitrogen and oxygen atoms in total. The molecule has 0 spiro atoms. The monoisotopic (exact) mass is 496 g/mol. The van der Waals surface area contributed by atoms with E-state index < -0.39 is 0 Å². The van der Waals surface area contributed by atoms with Crippen molar-refractivity contribution in [3.05, 3.63) is 79.8 Å². The molecule has 8 heteroatoms. The summed E-state index contributed by atoms with van der Waals surface area (Å²) in [6.45, 7) is 1.99. The van der Waals surface area contributed by atoms with Gasteiger partial charge in [-0.15, -0.1) is 0 Å². The van der Waals surface area contributed by atoms with Crippen LogP contribution in [0.2, 0.25) is 20.1 Å². The molecule has 0 saturated carbocycles. The van der Waals surface area contributed by atoms with Crippen LogP contribution in [0.3, 0.4) is 0 Å². The summed E-state index contributed by atoms with van der Waals surface area (Å²) in [5, 5.41) is 1.92. The van der Waals surface area contributed by atoms with Crippen LogP contribution in [0, 0.1) is 0 Å². The highest BCUT2D eigenvalue weighted by molar-refractivity contribution is 6.37. The van der Waals surface area contributed by atoms with E-state index in [9.17, 15) is 9.59 Å². The number of hydrogen-bond acceptors (Lipinski definition) is 2. The lowest BCUT2D eigenvalue weighted by Crippen LogP contribution is -2.36. The van der Waals surface area contributed by atoms with E-state index in [4.69, 9.17) is 46.4 Å². The van der Waals surface area contributed by atoms with Crippen molar-refractivity contribution in [2.45, 2.75) is 6.42 Å². The first-order valence-corrected chi connectivity index (χ1v) is 11.2. The normalized spacial score (nSPS) is 15.0. The van der Waals surface area contributed by atoms with Gasteiger partial charge in [0.05, 0.1) is 0 Å². The molecular formula is C23H20Cl4N2O2. The molecule has 0 bridgehead atoms. The zero-order chi connectivity index (χ0) is 22.4. The standard InChI is InChI=1S/C23H20Cl4N2O2/c24-18-4-1-5-19(25)16(18)8-10-22(30)28-12-3-13-29(15-14-28)23(31)11-9-17-20(26)6-2-7-21(17)27/h1-2,4-11H,3,12-15H2. The summed E-state index contributed by atoms with van der Waals surface area (Å²) in [6, 6.07) is 10.4. The van der Waals surface area contributed by atoms with Gasteiger partial charge in [0.25, 0.3) is 0 Å². The van der Waals surface area contributed by atoms with Gasteiger partial charge < -0.3 is 9.80 Å². The van der Waals surface area contributed by atoms with Crippen LogP contribution in [0.15, 0.2) is 48.6 Å². The summed E-state index contributed by atoms with van der Waals surface area (Å²) >= 11 is 24.6. The van der Waals surface area contributed by atoms with Crippen LogP contribution in [0.4, 0.5) is 0 Å². The van der Waals surface area contributed by atoms with Crippen molar-refractivity contribution < 1.29 is 9.59 Å². The predicted molar refractivity (Wildman–Crippen MR) is 129 cm³/mol. The van der Waals surface area contributed by atoms with Gasteiger partial charge in [0.2, 0.25) is 11.8 Å². The van der Waals surface area contributed by atoms with E-state index in [1.165, 1.54) is 12.2 Å². The van der Waals surface area contributed by atoms with E-state index in [0.717, 1.165) is 0 Å². The summed E-state index contributed by atoms with van der Waals surface area (Å²) in [7, 11) is 0. The fourth-order valence-corrected chi connectivity index (χ4v) is 4.27. The van der Waals surface area contributed by atoms with Gasteiger partial charge in [-0.3, -0.25) is 9.59 Å². The smallest absolute Gasteiger partial charge is 0.246 e. The van der Waals surface area contributed by atoms with Crippen molar-refractivity contribution in [3.63, 3.8) is 0 Å². The van der Waals surface area contributed by atoms with Crippen LogP contribution < -0.4 is 0 Å². The Morgan fingerprint density at radius 2 is 1.00 bits per heavy atom. The average Bonchev–Trinajstić information content (AvgIpc) is 2.99. The molecular weight excluding hydrogens is 478 g/mol. The third-order valence-electron chi connectivity index (χ3n) is 4.90. The first-order chi connectivity index (χ1) is 14.9. The van der Waals surface area contributed by atoms with Crippen molar-refractivity contribution in [2.75, 3.05) is 26.2 Å². The molecule has 3 rings (SSSR count). The van der Waals surface area contributed by atoms with E-state index in [2.05, 4.69) is 0 Å². The summed E-state index contributed by atoms with van der Waals surface area (Å²) in [5.41, 5.74) is 1.21. The fraction of sp³-hybridized carbons (Fsp3) is 0.217. The molecule has 0 atom stereocenters. The lowest BCUT2D eigenvalue weighted by atomic mass is 10.2. The second-order valence-electron chi connectivity index (χ2n) is 6.94. The van der Waals surface area contributed by atoms with E-state index in [1.54, 1.807) is 58.4 Å². The van der Waals surface area contributed by atoms with Crippen LogP contribution in [-0.2, 0) is 9.59 Å². The topological polar surface area (TPSA) is 40.6 Å². The number of benzene rings is 2. The molecule has 0 radical (unpaired) electrons. The number of carbonyl (C=O) groups excluding carboxylic acids is 2. The Balaban J connectivity index is 1.61. The third-order valence-corrected chi connectivity index (χ3v) is 6.22. The summed E-state index contributed by atoms with van der Waals surface area (Å²) in [5.74, 6) is -0.299.